The zero-order valence-electron chi connectivity index (χ0n) is 10.6. The van der Waals surface area contributed by atoms with E-state index in [1.54, 1.807) is 0 Å². The van der Waals surface area contributed by atoms with Gasteiger partial charge in [-0.25, -0.2) is 0 Å². The normalized spacial score (nSPS) is 11.5. The highest BCUT2D eigenvalue weighted by atomic mass is 16.5. The van der Waals surface area contributed by atoms with Gasteiger partial charge in [-0.1, -0.05) is 32.9 Å². The van der Waals surface area contributed by atoms with E-state index in [9.17, 15) is 0 Å². The lowest BCUT2D eigenvalue weighted by atomic mass is 9.93. The molecule has 1 aromatic rings. The van der Waals surface area contributed by atoms with Crippen LogP contribution in [0, 0.1) is 5.41 Å². The van der Waals surface area contributed by atoms with Crippen molar-refractivity contribution in [3.63, 3.8) is 0 Å². The highest BCUT2D eigenvalue weighted by Gasteiger charge is 2.09. The van der Waals surface area contributed by atoms with Crippen molar-refractivity contribution in [2.75, 3.05) is 13.2 Å². The number of hydrogen-bond acceptors (Lipinski definition) is 2. The highest BCUT2D eigenvalue weighted by molar-refractivity contribution is 5.27. The summed E-state index contributed by atoms with van der Waals surface area (Å²) in [4.78, 5) is 0. The Bertz CT molecular complexity index is 298. The van der Waals surface area contributed by atoms with Crippen molar-refractivity contribution < 1.29 is 4.74 Å². The SMILES string of the molecule is CC(C)(C)CCOc1ccc(CCN)cc1. The largest absolute Gasteiger partial charge is 0.494 e. The Labute approximate surface area is 98.8 Å². The lowest BCUT2D eigenvalue weighted by Gasteiger charge is -2.18. The van der Waals surface area contributed by atoms with E-state index in [1.807, 2.05) is 12.1 Å². The molecule has 1 aromatic carbocycles. The van der Waals surface area contributed by atoms with Gasteiger partial charge in [0.1, 0.15) is 5.75 Å². The number of nitrogens with two attached hydrogens (primary N) is 1. The fourth-order valence-corrected chi connectivity index (χ4v) is 1.39. The molecule has 0 aromatic heterocycles. The van der Waals surface area contributed by atoms with E-state index < -0.39 is 0 Å². The Morgan fingerprint density at radius 3 is 2.25 bits per heavy atom. The maximum Gasteiger partial charge on any atom is 0.119 e. The lowest BCUT2D eigenvalue weighted by molar-refractivity contribution is 0.243. The third kappa shape index (κ3) is 5.17. The molecule has 1 rings (SSSR count). The van der Waals surface area contributed by atoms with Crippen LogP contribution in [0.5, 0.6) is 5.75 Å². The predicted molar refractivity (Wildman–Crippen MR) is 68.8 cm³/mol. The molecule has 0 aliphatic carbocycles. The van der Waals surface area contributed by atoms with Gasteiger partial charge in [0.25, 0.3) is 0 Å². The summed E-state index contributed by atoms with van der Waals surface area (Å²) in [6.45, 7) is 8.14. The van der Waals surface area contributed by atoms with Crippen molar-refractivity contribution in [3.8, 4) is 5.75 Å². The molecule has 0 aliphatic heterocycles. The lowest BCUT2D eigenvalue weighted by Crippen LogP contribution is -2.11. The van der Waals surface area contributed by atoms with Crippen LogP contribution in [-0.2, 0) is 6.42 Å². The van der Waals surface area contributed by atoms with E-state index >= 15 is 0 Å². The molecule has 90 valence electrons. The second-order valence-electron chi connectivity index (χ2n) is 5.34. The standard InChI is InChI=1S/C14H23NO/c1-14(2,3)9-11-16-13-6-4-12(5-7-13)8-10-15/h4-7H,8-11,15H2,1-3H3. The van der Waals surface area contributed by atoms with Gasteiger partial charge in [0.15, 0.2) is 0 Å². The highest BCUT2D eigenvalue weighted by Crippen LogP contribution is 2.19. The molecule has 16 heavy (non-hydrogen) atoms. The third-order valence-corrected chi connectivity index (χ3v) is 2.48. The van der Waals surface area contributed by atoms with Crippen molar-refractivity contribution in [3.05, 3.63) is 29.8 Å². The monoisotopic (exact) mass is 221 g/mol. The van der Waals surface area contributed by atoms with Gasteiger partial charge in [-0.2, -0.15) is 0 Å². The molecule has 2 N–H and O–H groups in total. The predicted octanol–water partition coefficient (Wildman–Crippen LogP) is 3.00. The van der Waals surface area contributed by atoms with Gasteiger partial charge in [-0.15, -0.1) is 0 Å². The van der Waals surface area contributed by atoms with Crippen LogP contribution in [-0.4, -0.2) is 13.2 Å². The van der Waals surface area contributed by atoms with Gasteiger partial charge in [0, 0.05) is 0 Å². The minimum absolute atomic E-state index is 0.333. The van der Waals surface area contributed by atoms with Crippen LogP contribution in [0.15, 0.2) is 24.3 Å². The Morgan fingerprint density at radius 1 is 1.12 bits per heavy atom. The molecule has 2 heteroatoms. The van der Waals surface area contributed by atoms with Gasteiger partial charge in [0.2, 0.25) is 0 Å². The van der Waals surface area contributed by atoms with E-state index in [0.29, 0.717) is 12.0 Å². The van der Waals surface area contributed by atoms with Crippen molar-refractivity contribution in [2.24, 2.45) is 11.1 Å². The number of ether oxygens (including phenoxy) is 1. The van der Waals surface area contributed by atoms with E-state index in [4.69, 9.17) is 10.5 Å². The van der Waals surface area contributed by atoms with Crippen molar-refractivity contribution in [1.29, 1.82) is 0 Å². The van der Waals surface area contributed by atoms with Crippen LogP contribution in [0.25, 0.3) is 0 Å². The summed E-state index contributed by atoms with van der Waals surface area (Å²) in [5.74, 6) is 0.949. The number of hydrogen-bond donors (Lipinski definition) is 1. The van der Waals surface area contributed by atoms with Crippen molar-refractivity contribution >= 4 is 0 Å². The Morgan fingerprint density at radius 2 is 1.75 bits per heavy atom. The summed E-state index contributed by atoms with van der Waals surface area (Å²) >= 11 is 0. The zero-order valence-corrected chi connectivity index (χ0v) is 10.6. The van der Waals surface area contributed by atoms with Crippen LogP contribution in [0.4, 0.5) is 0 Å². The second-order valence-corrected chi connectivity index (χ2v) is 5.34. The molecule has 0 amide bonds. The summed E-state index contributed by atoms with van der Waals surface area (Å²) in [5.41, 5.74) is 7.10. The van der Waals surface area contributed by atoms with Crippen LogP contribution < -0.4 is 10.5 Å². The average Bonchev–Trinajstić information content (AvgIpc) is 2.19. The van der Waals surface area contributed by atoms with E-state index in [-0.39, 0.29) is 0 Å². The number of benzene rings is 1. The van der Waals surface area contributed by atoms with Crippen LogP contribution in [0.3, 0.4) is 0 Å². The Kier molecular flexibility index (Phi) is 4.81. The second kappa shape index (κ2) is 5.90. The maximum atomic E-state index is 5.68. The first-order valence-corrected chi connectivity index (χ1v) is 5.93. The first-order valence-electron chi connectivity index (χ1n) is 5.93. The zero-order chi connectivity index (χ0) is 12.0. The Balaban J connectivity index is 2.37. The summed E-state index contributed by atoms with van der Waals surface area (Å²) in [5, 5.41) is 0. The first-order chi connectivity index (χ1) is 7.51. The summed E-state index contributed by atoms with van der Waals surface area (Å²) in [6.07, 6.45) is 2.00. The summed E-state index contributed by atoms with van der Waals surface area (Å²) in [6, 6.07) is 8.21. The fourth-order valence-electron chi connectivity index (χ4n) is 1.39. The van der Waals surface area contributed by atoms with Gasteiger partial charge >= 0.3 is 0 Å². The molecule has 0 fully saturated rings. The molecule has 0 radical (unpaired) electrons. The molecule has 0 atom stereocenters. The van der Waals surface area contributed by atoms with E-state index in [0.717, 1.165) is 25.2 Å². The topological polar surface area (TPSA) is 35.2 Å². The molecule has 0 heterocycles. The number of rotatable bonds is 5. The molecule has 0 saturated heterocycles. The molecule has 0 saturated carbocycles. The van der Waals surface area contributed by atoms with Crippen molar-refractivity contribution in [2.45, 2.75) is 33.6 Å². The molecule has 0 bridgehead atoms. The molecule has 0 unspecified atom stereocenters. The van der Waals surface area contributed by atoms with Gasteiger partial charge < -0.3 is 10.5 Å². The van der Waals surface area contributed by atoms with Crippen LogP contribution in [0.1, 0.15) is 32.8 Å². The minimum atomic E-state index is 0.333. The van der Waals surface area contributed by atoms with E-state index in [1.165, 1.54) is 5.56 Å². The molecular weight excluding hydrogens is 198 g/mol. The van der Waals surface area contributed by atoms with Crippen LogP contribution >= 0.6 is 0 Å². The maximum absolute atomic E-state index is 5.68. The molecule has 0 aliphatic rings. The smallest absolute Gasteiger partial charge is 0.119 e. The van der Waals surface area contributed by atoms with E-state index in [2.05, 4.69) is 32.9 Å². The van der Waals surface area contributed by atoms with Gasteiger partial charge in [-0.3, -0.25) is 0 Å². The first kappa shape index (κ1) is 13.0. The average molecular weight is 221 g/mol. The minimum Gasteiger partial charge on any atom is -0.494 e. The fraction of sp³-hybridized carbons (Fsp3) is 0.571. The van der Waals surface area contributed by atoms with Crippen molar-refractivity contribution in [1.82, 2.24) is 0 Å². The van der Waals surface area contributed by atoms with Gasteiger partial charge in [0.05, 0.1) is 6.61 Å². The van der Waals surface area contributed by atoms with Gasteiger partial charge in [-0.05, 0) is 42.5 Å². The third-order valence-electron chi connectivity index (χ3n) is 2.48. The quantitative estimate of drug-likeness (QED) is 0.829. The molecular formula is C14H23NO. The summed E-state index contributed by atoms with van der Waals surface area (Å²) in [7, 11) is 0. The molecule has 0 spiro atoms. The Hall–Kier alpha value is -1.02. The molecule has 2 nitrogen and oxygen atoms in total. The van der Waals surface area contributed by atoms with Crippen LogP contribution in [0.2, 0.25) is 0 Å². The summed E-state index contributed by atoms with van der Waals surface area (Å²) < 4.78 is 5.68.